The fraction of sp³-hybridized carbons (Fsp3) is 0. The van der Waals surface area contributed by atoms with Crippen molar-refractivity contribution in [1.29, 1.82) is 0 Å². The minimum absolute atomic E-state index is 0.201. The summed E-state index contributed by atoms with van der Waals surface area (Å²) in [7, 11) is 0. The van der Waals surface area contributed by atoms with Crippen LogP contribution in [0, 0.1) is 0 Å². The normalized spacial score (nSPS) is 10.5. The molecular formula is C7H4O4. The van der Waals surface area contributed by atoms with Crippen LogP contribution >= 0.6 is 0 Å². The van der Waals surface area contributed by atoms with Crippen molar-refractivity contribution in [3.05, 3.63) is 23.8 Å². The predicted molar refractivity (Wildman–Crippen MR) is 35.4 cm³/mol. The van der Waals surface area contributed by atoms with Gasteiger partial charge in [-0.2, -0.15) is 0 Å². The van der Waals surface area contributed by atoms with Gasteiger partial charge in [0.1, 0.15) is 0 Å². The van der Waals surface area contributed by atoms with Crippen LogP contribution < -0.4 is 0 Å². The van der Waals surface area contributed by atoms with Gasteiger partial charge in [0, 0.05) is 6.07 Å². The maximum atomic E-state index is 10.4. The van der Waals surface area contributed by atoms with Crippen LogP contribution in [0.15, 0.2) is 27.4 Å². The SMILES string of the molecule is O=C(O)c1ccc2ooc2c1. The Labute approximate surface area is 60.9 Å². The van der Waals surface area contributed by atoms with Crippen LogP contribution in [0.1, 0.15) is 10.4 Å². The Balaban J connectivity index is 2.59. The summed E-state index contributed by atoms with van der Waals surface area (Å²) in [5.74, 6) is -0.969. The molecule has 0 saturated carbocycles. The van der Waals surface area contributed by atoms with E-state index in [2.05, 4.69) is 9.15 Å². The first-order valence-electron chi connectivity index (χ1n) is 2.99. The van der Waals surface area contributed by atoms with E-state index in [1.54, 1.807) is 6.07 Å². The Bertz CT molecular complexity index is 395. The van der Waals surface area contributed by atoms with Gasteiger partial charge in [-0.15, -0.1) is 0 Å². The number of benzene rings is 1. The van der Waals surface area contributed by atoms with E-state index >= 15 is 0 Å². The molecule has 1 aromatic carbocycles. The number of aromatic carboxylic acids is 1. The average molecular weight is 152 g/mol. The molecule has 2 rings (SSSR count). The van der Waals surface area contributed by atoms with E-state index < -0.39 is 5.97 Å². The summed E-state index contributed by atoms with van der Waals surface area (Å²) in [5.41, 5.74) is 1.26. The molecule has 0 aliphatic heterocycles. The van der Waals surface area contributed by atoms with Crippen molar-refractivity contribution < 1.29 is 19.1 Å². The summed E-state index contributed by atoms with van der Waals surface area (Å²) < 4.78 is 9.02. The topological polar surface area (TPSA) is 63.6 Å². The van der Waals surface area contributed by atoms with Crippen molar-refractivity contribution >= 4 is 17.1 Å². The first kappa shape index (κ1) is 6.03. The van der Waals surface area contributed by atoms with E-state index in [1.165, 1.54) is 12.1 Å². The summed E-state index contributed by atoms with van der Waals surface area (Å²) in [6.45, 7) is 0. The lowest BCUT2D eigenvalue weighted by atomic mass is 10.2. The Kier molecular flexibility index (Phi) is 1.03. The molecule has 0 radical (unpaired) electrons. The number of hydrogen-bond donors (Lipinski definition) is 1. The molecule has 0 bridgehead atoms. The molecule has 2 aromatic rings. The van der Waals surface area contributed by atoms with Gasteiger partial charge >= 0.3 is 5.97 Å². The van der Waals surface area contributed by atoms with Gasteiger partial charge in [-0.25, -0.2) is 4.79 Å². The van der Waals surface area contributed by atoms with Crippen molar-refractivity contribution in [3.8, 4) is 0 Å². The molecule has 4 nitrogen and oxygen atoms in total. The summed E-state index contributed by atoms with van der Waals surface area (Å²) in [5, 5.41) is 8.53. The molecule has 0 spiro atoms. The minimum atomic E-state index is -0.969. The molecule has 4 heteroatoms. The van der Waals surface area contributed by atoms with E-state index in [1.807, 2.05) is 0 Å². The maximum Gasteiger partial charge on any atom is 0.335 e. The third-order valence-electron chi connectivity index (χ3n) is 1.41. The fourth-order valence-corrected chi connectivity index (χ4v) is 0.831. The highest BCUT2D eigenvalue weighted by Gasteiger charge is 2.08. The number of carbonyl (C=O) groups is 1. The average Bonchev–Trinajstić information content (AvgIpc) is 1.91. The molecule has 0 atom stereocenters. The van der Waals surface area contributed by atoms with Gasteiger partial charge in [0.05, 0.1) is 5.56 Å². The zero-order valence-electron chi connectivity index (χ0n) is 5.40. The molecule has 1 heterocycles. The molecule has 0 aliphatic rings. The van der Waals surface area contributed by atoms with Crippen molar-refractivity contribution in [2.75, 3.05) is 0 Å². The van der Waals surface area contributed by atoms with Crippen LogP contribution in [0.3, 0.4) is 0 Å². The van der Waals surface area contributed by atoms with E-state index in [-0.39, 0.29) is 5.56 Å². The molecule has 11 heavy (non-hydrogen) atoms. The van der Waals surface area contributed by atoms with Crippen LogP contribution in [-0.2, 0) is 0 Å². The number of carboxylic acids is 1. The van der Waals surface area contributed by atoms with Crippen molar-refractivity contribution in [3.63, 3.8) is 0 Å². The molecule has 0 saturated heterocycles. The molecule has 0 fully saturated rings. The third kappa shape index (κ3) is 0.797. The second-order valence-corrected chi connectivity index (χ2v) is 2.13. The Morgan fingerprint density at radius 1 is 1.27 bits per heavy atom. The smallest absolute Gasteiger partial charge is 0.335 e. The van der Waals surface area contributed by atoms with Gasteiger partial charge in [0.25, 0.3) is 0 Å². The van der Waals surface area contributed by atoms with Gasteiger partial charge in [-0.3, -0.25) is 9.15 Å². The Hall–Kier alpha value is -1.71. The molecule has 0 amide bonds. The standard InChI is InChI=1S/C7H4O4/c8-7(9)4-1-2-5-6(3-4)11-10-5/h1-3H,(H,8,9). The second-order valence-electron chi connectivity index (χ2n) is 2.13. The van der Waals surface area contributed by atoms with E-state index in [4.69, 9.17) is 5.11 Å². The number of hydrogen-bond acceptors (Lipinski definition) is 3. The zero-order valence-corrected chi connectivity index (χ0v) is 5.40. The molecule has 0 aliphatic carbocycles. The zero-order chi connectivity index (χ0) is 7.84. The number of fused-ring (bicyclic) bond motifs is 1. The highest BCUT2D eigenvalue weighted by atomic mass is 17.0. The Morgan fingerprint density at radius 3 is 2.45 bits per heavy atom. The summed E-state index contributed by atoms with van der Waals surface area (Å²) in [6, 6.07) is 4.44. The first-order chi connectivity index (χ1) is 5.27. The van der Waals surface area contributed by atoms with Gasteiger partial charge < -0.3 is 5.11 Å². The predicted octanol–water partition coefficient (Wildman–Crippen LogP) is 1.72. The van der Waals surface area contributed by atoms with Crippen LogP contribution in [0.4, 0.5) is 0 Å². The van der Waals surface area contributed by atoms with Crippen molar-refractivity contribution in [2.24, 2.45) is 0 Å². The van der Waals surface area contributed by atoms with Crippen molar-refractivity contribution in [1.82, 2.24) is 0 Å². The summed E-state index contributed by atoms with van der Waals surface area (Å²) in [4.78, 5) is 10.4. The fourth-order valence-electron chi connectivity index (χ4n) is 0.831. The van der Waals surface area contributed by atoms with E-state index in [9.17, 15) is 4.79 Å². The van der Waals surface area contributed by atoms with Crippen LogP contribution in [0.25, 0.3) is 11.2 Å². The van der Waals surface area contributed by atoms with Gasteiger partial charge in [0.15, 0.2) is 0 Å². The largest absolute Gasteiger partial charge is 0.478 e. The lowest BCUT2D eigenvalue weighted by Gasteiger charge is -1.97. The summed E-state index contributed by atoms with van der Waals surface area (Å²) in [6.07, 6.45) is 0. The van der Waals surface area contributed by atoms with Gasteiger partial charge in [-0.05, 0) is 12.1 Å². The Morgan fingerprint density at radius 2 is 2.00 bits per heavy atom. The van der Waals surface area contributed by atoms with Crippen molar-refractivity contribution in [2.45, 2.75) is 0 Å². The second kappa shape index (κ2) is 1.88. The van der Waals surface area contributed by atoms with Crippen LogP contribution in [0.5, 0.6) is 0 Å². The molecule has 1 N–H and O–H groups in total. The quantitative estimate of drug-likeness (QED) is 0.632. The molecular weight excluding hydrogens is 148 g/mol. The van der Waals surface area contributed by atoms with E-state index in [0.717, 1.165) is 0 Å². The minimum Gasteiger partial charge on any atom is -0.478 e. The van der Waals surface area contributed by atoms with Gasteiger partial charge in [0.2, 0.25) is 11.2 Å². The number of carboxylic acid groups (broad SMARTS) is 1. The highest BCUT2D eigenvalue weighted by Crippen LogP contribution is 2.19. The van der Waals surface area contributed by atoms with E-state index in [0.29, 0.717) is 11.2 Å². The molecule has 56 valence electrons. The lowest BCUT2D eigenvalue weighted by Crippen LogP contribution is -1.95. The van der Waals surface area contributed by atoms with Gasteiger partial charge in [-0.1, -0.05) is 0 Å². The highest BCUT2D eigenvalue weighted by molar-refractivity contribution is 5.91. The number of rotatable bonds is 1. The third-order valence-corrected chi connectivity index (χ3v) is 1.41. The molecule has 0 unspecified atom stereocenters. The molecule has 1 aromatic heterocycles. The van der Waals surface area contributed by atoms with Crippen LogP contribution in [-0.4, -0.2) is 11.1 Å². The maximum absolute atomic E-state index is 10.4. The first-order valence-corrected chi connectivity index (χ1v) is 2.99. The monoisotopic (exact) mass is 152 g/mol. The summed E-state index contributed by atoms with van der Waals surface area (Å²) >= 11 is 0. The lowest BCUT2D eigenvalue weighted by molar-refractivity contribution is 0.0582. The van der Waals surface area contributed by atoms with Crippen LogP contribution in [0.2, 0.25) is 0 Å².